The molecule has 0 aliphatic carbocycles. The fraction of sp³-hybridized carbons (Fsp3) is 0.105. The summed E-state index contributed by atoms with van der Waals surface area (Å²) >= 11 is 5.34. The van der Waals surface area contributed by atoms with Gasteiger partial charge in [0.15, 0.2) is 0 Å². The zero-order valence-corrected chi connectivity index (χ0v) is 14.7. The molecule has 1 N–H and O–H groups in total. The molecule has 1 aromatic heterocycles. The Balaban J connectivity index is 1.97. The molecule has 25 heavy (non-hydrogen) atoms. The summed E-state index contributed by atoms with van der Waals surface area (Å²) < 4.78 is 3.26. The summed E-state index contributed by atoms with van der Waals surface area (Å²) in [6.45, 7) is 1.80. The second-order valence-corrected chi connectivity index (χ2v) is 5.99. The number of benzene rings is 2. The number of nitrogens with one attached hydrogen (secondary N) is 1. The van der Waals surface area contributed by atoms with E-state index in [1.54, 1.807) is 42.9 Å². The molecule has 3 rings (SSSR count). The van der Waals surface area contributed by atoms with Crippen LogP contribution in [0.25, 0.3) is 5.69 Å². The third-order valence-corrected chi connectivity index (χ3v) is 4.35. The Morgan fingerprint density at radius 2 is 1.56 bits per heavy atom. The molecule has 0 aliphatic rings. The van der Waals surface area contributed by atoms with Crippen LogP contribution in [0.1, 0.15) is 21.6 Å². The first-order valence-corrected chi connectivity index (χ1v) is 8.16. The van der Waals surface area contributed by atoms with Crippen LogP contribution in [0.5, 0.6) is 0 Å². The van der Waals surface area contributed by atoms with Gasteiger partial charge in [-0.1, -0.05) is 48.6 Å². The van der Waals surface area contributed by atoms with Crippen LogP contribution in [0.3, 0.4) is 0 Å². The van der Waals surface area contributed by atoms with E-state index in [4.69, 9.17) is 12.2 Å². The molecule has 1 amide bonds. The summed E-state index contributed by atoms with van der Waals surface area (Å²) in [5.41, 5.74) is 1.98. The molecule has 0 saturated carbocycles. The second kappa shape index (κ2) is 6.86. The lowest BCUT2D eigenvalue weighted by Gasteiger charge is -2.07. The number of carbonyl (C=O) groups is 1. The lowest BCUT2D eigenvalue weighted by atomic mass is 10.2. The van der Waals surface area contributed by atoms with Gasteiger partial charge in [0.25, 0.3) is 11.5 Å². The van der Waals surface area contributed by atoms with Gasteiger partial charge in [-0.25, -0.2) is 4.68 Å². The predicted molar refractivity (Wildman–Crippen MR) is 101 cm³/mol. The van der Waals surface area contributed by atoms with E-state index in [1.165, 1.54) is 4.68 Å². The predicted octanol–water partition coefficient (Wildman–Crippen LogP) is 2.59. The highest BCUT2D eigenvalue weighted by atomic mass is 32.1. The van der Waals surface area contributed by atoms with Gasteiger partial charge < -0.3 is 5.32 Å². The highest BCUT2D eigenvalue weighted by Gasteiger charge is 2.21. The van der Waals surface area contributed by atoms with Crippen molar-refractivity contribution in [3.63, 3.8) is 0 Å². The molecule has 126 valence electrons. The van der Waals surface area contributed by atoms with Crippen LogP contribution in [0.4, 0.5) is 0 Å². The van der Waals surface area contributed by atoms with Gasteiger partial charge in [-0.05, 0) is 31.2 Å². The van der Waals surface area contributed by atoms with Crippen molar-refractivity contribution >= 4 is 23.1 Å². The number of para-hydroxylation sites is 1. The molecule has 0 saturated heterocycles. The SMILES string of the molecule is Cc1c(C(=S)NC(=O)c2ccccc2)c(=O)n(-c2ccccc2)n1C. The van der Waals surface area contributed by atoms with Crippen LogP contribution in [0.2, 0.25) is 0 Å². The molecular formula is C19H17N3O2S. The Morgan fingerprint density at radius 3 is 2.16 bits per heavy atom. The van der Waals surface area contributed by atoms with Gasteiger partial charge in [0.2, 0.25) is 0 Å². The molecule has 6 heteroatoms. The van der Waals surface area contributed by atoms with Gasteiger partial charge in [-0.3, -0.25) is 14.3 Å². The minimum Gasteiger partial charge on any atom is -0.312 e. The maximum absolute atomic E-state index is 12.9. The number of hydrogen-bond donors (Lipinski definition) is 1. The zero-order valence-electron chi connectivity index (χ0n) is 13.9. The Hall–Kier alpha value is -2.99. The van der Waals surface area contributed by atoms with E-state index in [-0.39, 0.29) is 16.5 Å². The molecule has 1 heterocycles. The van der Waals surface area contributed by atoms with Crippen LogP contribution in [-0.4, -0.2) is 20.3 Å². The maximum Gasteiger partial charge on any atom is 0.281 e. The van der Waals surface area contributed by atoms with Crippen LogP contribution in [0.15, 0.2) is 65.5 Å². The zero-order chi connectivity index (χ0) is 18.0. The quantitative estimate of drug-likeness (QED) is 0.738. The molecule has 0 atom stereocenters. The number of amides is 1. The first-order valence-electron chi connectivity index (χ1n) is 7.75. The van der Waals surface area contributed by atoms with E-state index < -0.39 is 0 Å². The Bertz CT molecular complexity index is 989. The lowest BCUT2D eigenvalue weighted by molar-refractivity contribution is 0.0978. The number of rotatable bonds is 3. The molecule has 3 aromatic rings. The van der Waals surface area contributed by atoms with Crippen molar-refractivity contribution in [2.45, 2.75) is 6.92 Å². The number of thiocarbonyl (C=S) groups is 1. The van der Waals surface area contributed by atoms with Crippen molar-refractivity contribution in [2.24, 2.45) is 7.05 Å². The minimum atomic E-state index is -0.334. The van der Waals surface area contributed by atoms with Crippen molar-refractivity contribution in [3.05, 3.63) is 87.8 Å². The van der Waals surface area contributed by atoms with Crippen LogP contribution in [-0.2, 0) is 7.05 Å². The van der Waals surface area contributed by atoms with Crippen molar-refractivity contribution in [1.29, 1.82) is 0 Å². The van der Waals surface area contributed by atoms with Gasteiger partial charge in [0, 0.05) is 18.3 Å². The van der Waals surface area contributed by atoms with Crippen molar-refractivity contribution in [1.82, 2.24) is 14.7 Å². The molecule has 0 aliphatic heterocycles. The molecule has 0 radical (unpaired) electrons. The first kappa shape index (κ1) is 16.9. The number of hydrogen-bond acceptors (Lipinski definition) is 3. The molecule has 0 unspecified atom stereocenters. The van der Waals surface area contributed by atoms with Crippen LogP contribution in [0, 0.1) is 6.92 Å². The van der Waals surface area contributed by atoms with Gasteiger partial charge in [-0.15, -0.1) is 0 Å². The number of nitrogens with zero attached hydrogens (tertiary/aromatic N) is 2. The van der Waals surface area contributed by atoms with Gasteiger partial charge in [0.05, 0.1) is 11.3 Å². The van der Waals surface area contributed by atoms with E-state index in [1.807, 2.05) is 36.4 Å². The fourth-order valence-corrected chi connectivity index (χ4v) is 2.98. The van der Waals surface area contributed by atoms with Crippen LogP contribution >= 0.6 is 12.2 Å². The molecular weight excluding hydrogens is 334 g/mol. The highest BCUT2D eigenvalue weighted by Crippen LogP contribution is 2.11. The normalized spacial score (nSPS) is 10.5. The third kappa shape index (κ3) is 3.16. The van der Waals surface area contributed by atoms with E-state index >= 15 is 0 Å². The molecule has 5 nitrogen and oxygen atoms in total. The Morgan fingerprint density at radius 1 is 1.00 bits per heavy atom. The minimum absolute atomic E-state index is 0.127. The summed E-state index contributed by atoms with van der Waals surface area (Å²) in [4.78, 5) is 25.3. The van der Waals surface area contributed by atoms with Crippen LogP contribution < -0.4 is 10.9 Å². The standard InChI is InChI=1S/C19H17N3O2S/c1-13-16(18(25)20-17(23)14-9-5-3-6-10-14)19(24)22(21(13)2)15-11-7-4-8-12-15/h3-12H,1-2H3,(H,20,23,25). The average molecular weight is 351 g/mol. The summed E-state index contributed by atoms with van der Waals surface area (Å²) in [5, 5.41) is 2.65. The Kier molecular flexibility index (Phi) is 4.63. The van der Waals surface area contributed by atoms with E-state index in [2.05, 4.69) is 5.32 Å². The largest absolute Gasteiger partial charge is 0.312 e. The third-order valence-electron chi connectivity index (χ3n) is 4.04. The lowest BCUT2D eigenvalue weighted by Crippen LogP contribution is -2.33. The second-order valence-electron chi connectivity index (χ2n) is 5.59. The van der Waals surface area contributed by atoms with Gasteiger partial charge in [-0.2, -0.15) is 0 Å². The van der Waals surface area contributed by atoms with E-state index in [0.29, 0.717) is 16.8 Å². The highest BCUT2D eigenvalue weighted by molar-refractivity contribution is 7.80. The topological polar surface area (TPSA) is 56.0 Å². The summed E-state index contributed by atoms with van der Waals surface area (Å²) in [6, 6.07) is 18.0. The first-order chi connectivity index (χ1) is 12.0. The van der Waals surface area contributed by atoms with Crippen molar-refractivity contribution in [2.75, 3.05) is 0 Å². The maximum atomic E-state index is 12.9. The smallest absolute Gasteiger partial charge is 0.281 e. The monoisotopic (exact) mass is 351 g/mol. The van der Waals surface area contributed by atoms with E-state index in [0.717, 1.165) is 5.69 Å². The number of carbonyl (C=O) groups excluding carboxylic acids is 1. The Labute approximate surface area is 150 Å². The fourth-order valence-electron chi connectivity index (χ4n) is 2.66. The molecule has 0 fully saturated rings. The van der Waals surface area contributed by atoms with Gasteiger partial charge in [0.1, 0.15) is 4.99 Å². The number of aromatic nitrogens is 2. The summed E-state index contributed by atoms with van der Waals surface area (Å²) in [6.07, 6.45) is 0. The molecule has 0 bridgehead atoms. The summed E-state index contributed by atoms with van der Waals surface area (Å²) in [5.74, 6) is -0.334. The summed E-state index contributed by atoms with van der Waals surface area (Å²) in [7, 11) is 1.79. The van der Waals surface area contributed by atoms with Gasteiger partial charge >= 0.3 is 0 Å². The van der Waals surface area contributed by atoms with E-state index in [9.17, 15) is 9.59 Å². The van der Waals surface area contributed by atoms with Crippen molar-refractivity contribution in [3.8, 4) is 5.69 Å². The van der Waals surface area contributed by atoms with Crippen molar-refractivity contribution < 1.29 is 4.79 Å². The average Bonchev–Trinajstić information content (AvgIpc) is 2.85. The molecule has 0 spiro atoms. The molecule has 2 aromatic carbocycles.